The van der Waals surface area contributed by atoms with E-state index in [4.69, 9.17) is 0 Å². The number of Topliss-reactive ketones (excluding diaryl/α,β-unsaturated/α-hetero) is 1. The number of ether oxygens (including phenoxy) is 1. The summed E-state index contributed by atoms with van der Waals surface area (Å²) in [5, 5.41) is -5.31. The van der Waals surface area contributed by atoms with Gasteiger partial charge in [-0.15, -0.1) is 0 Å². The van der Waals surface area contributed by atoms with Crippen molar-refractivity contribution in [1.29, 1.82) is 0 Å². The van der Waals surface area contributed by atoms with Crippen molar-refractivity contribution in [1.82, 2.24) is 0 Å². The van der Waals surface area contributed by atoms with Gasteiger partial charge in [0.25, 0.3) is 6.10 Å². The molecule has 26 heavy (non-hydrogen) atoms. The third kappa shape index (κ3) is 2.91. The van der Waals surface area contributed by atoms with E-state index in [0.717, 1.165) is 0 Å². The molecule has 4 aliphatic carbocycles. The van der Waals surface area contributed by atoms with Crippen LogP contribution in [0.1, 0.15) is 32.1 Å². The van der Waals surface area contributed by atoms with Crippen LogP contribution in [-0.2, 0) is 24.2 Å². The van der Waals surface area contributed by atoms with Crippen molar-refractivity contribution >= 4 is 21.6 Å². The highest BCUT2D eigenvalue weighted by atomic mass is 32.2. The predicted molar refractivity (Wildman–Crippen MR) is 76.7 cm³/mol. The van der Waals surface area contributed by atoms with Crippen LogP contribution in [0.2, 0.25) is 0 Å². The predicted octanol–water partition coefficient (Wildman–Crippen LogP) is 2.49. The maximum Gasteiger partial charge on any atom is 0.432 e. The van der Waals surface area contributed by atoms with Crippen LogP contribution >= 0.6 is 0 Å². The van der Waals surface area contributed by atoms with Gasteiger partial charge >= 0.3 is 17.4 Å². The Morgan fingerprint density at radius 2 is 1.62 bits per heavy atom. The number of hydrogen-bond acceptors (Lipinski definition) is 5. The number of carbonyl (C=O) groups is 2. The SMILES string of the molecule is CS(=O)(=O)C(F)(F)C(OC(=O)C12CC3CC(C1)C(=O)C(C3)C2)C(F)(F)F. The number of sulfone groups is 1. The zero-order valence-electron chi connectivity index (χ0n) is 13.7. The second-order valence-corrected chi connectivity index (χ2v) is 9.78. The first-order chi connectivity index (χ1) is 11.7. The van der Waals surface area contributed by atoms with Crippen molar-refractivity contribution in [2.75, 3.05) is 6.26 Å². The number of esters is 1. The number of alkyl halides is 5. The van der Waals surface area contributed by atoms with E-state index in [1.807, 2.05) is 0 Å². The molecule has 148 valence electrons. The molecule has 0 aliphatic heterocycles. The summed E-state index contributed by atoms with van der Waals surface area (Å²) >= 11 is 0. The van der Waals surface area contributed by atoms with Gasteiger partial charge in [0.15, 0.2) is 0 Å². The molecular formula is C15H17F5O5S. The maximum absolute atomic E-state index is 13.8. The Hall–Kier alpha value is -1.26. The first-order valence-electron chi connectivity index (χ1n) is 8.06. The number of rotatable bonds is 4. The average molecular weight is 404 g/mol. The van der Waals surface area contributed by atoms with Gasteiger partial charge in [0.1, 0.15) is 5.78 Å². The third-order valence-electron chi connectivity index (χ3n) is 5.75. The van der Waals surface area contributed by atoms with E-state index in [1.165, 1.54) is 0 Å². The molecular weight excluding hydrogens is 387 g/mol. The molecule has 4 rings (SSSR count). The lowest BCUT2D eigenvalue weighted by molar-refractivity contribution is -0.264. The van der Waals surface area contributed by atoms with Crippen molar-refractivity contribution in [2.45, 2.75) is 49.6 Å². The highest BCUT2D eigenvalue weighted by Gasteiger charge is 2.66. The zero-order valence-corrected chi connectivity index (χ0v) is 14.5. The second kappa shape index (κ2) is 5.62. The van der Waals surface area contributed by atoms with Crippen LogP contribution < -0.4 is 0 Å². The Morgan fingerprint density at radius 3 is 2.04 bits per heavy atom. The summed E-state index contributed by atoms with van der Waals surface area (Å²) in [6.07, 6.45) is -8.73. The smallest absolute Gasteiger partial charge is 0.432 e. The Kier molecular flexibility index (Phi) is 4.21. The van der Waals surface area contributed by atoms with Crippen LogP contribution in [0, 0.1) is 23.2 Å². The normalized spacial score (nSPS) is 35.5. The fourth-order valence-corrected chi connectivity index (χ4v) is 5.32. The number of carbonyl (C=O) groups excluding carboxylic acids is 2. The molecule has 0 radical (unpaired) electrons. The fourth-order valence-electron chi connectivity index (χ4n) is 4.75. The summed E-state index contributed by atoms with van der Waals surface area (Å²) in [4.78, 5) is 24.6. The molecule has 0 N–H and O–H groups in total. The highest BCUT2D eigenvalue weighted by molar-refractivity contribution is 7.91. The minimum absolute atomic E-state index is 0.0350. The quantitative estimate of drug-likeness (QED) is 0.532. The van der Waals surface area contributed by atoms with E-state index >= 15 is 0 Å². The van der Waals surface area contributed by atoms with Gasteiger partial charge in [-0.3, -0.25) is 9.59 Å². The van der Waals surface area contributed by atoms with Gasteiger partial charge in [0.2, 0.25) is 9.84 Å². The molecule has 4 bridgehead atoms. The molecule has 0 saturated heterocycles. The van der Waals surface area contributed by atoms with Gasteiger partial charge < -0.3 is 4.74 Å². The molecule has 0 spiro atoms. The van der Waals surface area contributed by atoms with Gasteiger partial charge in [-0.1, -0.05) is 0 Å². The third-order valence-corrected chi connectivity index (χ3v) is 6.95. The fraction of sp³-hybridized carbons (Fsp3) is 0.867. The number of ketones is 1. The lowest BCUT2D eigenvalue weighted by atomic mass is 9.49. The molecule has 0 heterocycles. The van der Waals surface area contributed by atoms with Crippen molar-refractivity contribution in [3.8, 4) is 0 Å². The van der Waals surface area contributed by atoms with Gasteiger partial charge in [-0.2, -0.15) is 22.0 Å². The van der Waals surface area contributed by atoms with E-state index in [9.17, 15) is 40.0 Å². The molecule has 0 aromatic rings. The van der Waals surface area contributed by atoms with Crippen molar-refractivity contribution in [3.63, 3.8) is 0 Å². The monoisotopic (exact) mass is 404 g/mol. The summed E-state index contributed by atoms with van der Waals surface area (Å²) in [5.74, 6) is -2.53. The average Bonchev–Trinajstić information content (AvgIpc) is 2.46. The summed E-state index contributed by atoms with van der Waals surface area (Å²) in [7, 11) is -5.48. The first-order valence-corrected chi connectivity index (χ1v) is 9.95. The molecule has 4 fully saturated rings. The van der Waals surface area contributed by atoms with Crippen LogP contribution in [0.15, 0.2) is 0 Å². The molecule has 0 aromatic heterocycles. The summed E-state index contributed by atoms with van der Waals surface area (Å²) in [6.45, 7) is 0. The van der Waals surface area contributed by atoms with Gasteiger partial charge in [-0.25, -0.2) is 8.42 Å². The van der Waals surface area contributed by atoms with Crippen LogP contribution in [0.25, 0.3) is 0 Å². The second-order valence-electron chi connectivity index (χ2n) is 7.69. The van der Waals surface area contributed by atoms with Gasteiger partial charge in [0, 0.05) is 18.1 Å². The van der Waals surface area contributed by atoms with Gasteiger partial charge in [-0.05, 0) is 38.0 Å². The van der Waals surface area contributed by atoms with Crippen molar-refractivity contribution in [2.24, 2.45) is 23.2 Å². The van der Waals surface area contributed by atoms with Crippen molar-refractivity contribution < 1.29 is 44.7 Å². The molecule has 0 amide bonds. The molecule has 4 aliphatic rings. The molecule has 0 aromatic carbocycles. The maximum atomic E-state index is 13.8. The molecule has 4 saturated carbocycles. The minimum atomic E-state index is -5.76. The largest absolute Gasteiger partial charge is 0.444 e. The molecule has 5 nitrogen and oxygen atoms in total. The number of halogens is 5. The summed E-state index contributed by atoms with van der Waals surface area (Å²) < 4.78 is 93.3. The van der Waals surface area contributed by atoms with Crippen LogP contribution in [0.5, 0.6) is 0 Å². The Balaban J connectivity index is 1.89. The lowest BCUT2D eigenvalue weighted by Gasteiger charge is -2.54. The van der Waals surface area contributed by atoms with Crippen LogP contribution in [0.4, 0.5) is 22.0 Å². The Morgan fingerprint density at radius 1 is 1.12 bits per heavy atom. The molecule has 3 unspecified atom stereocenters. The van der Waals surface area contributed by atoms with Crippen LogP contribution in [-0.4, -0.2) is 44.0 Å². The van der Waals surface area contributed by atoms with E-state index < -0.39 is 50.6 Å². The summed E-state index contributed by atoms with van der Waals surface area (Å²) in [6, 6.07) is 0. The molecule has 3 atom stereocenters. The topological polar surface area (TPSA) is 77.5 Å². The zero-order chi connectivity index (χ0) is 19.7. The van der Waals surface area contributed by atoms with E-state index in [0.29, 0.717) is 12.8 Å². The van der Waals surface area contributed by atoms with E-state index in [1.54, 1.807) is 0 Å². The van der Waals surface area contributed by atoms with E-state index in [-0.39, 0.29) is 37.2 Å². The molecule has 11 heteroatoms. The Labute approximate surface area is 146 Å². The van der Waals surface area contributed by atoms with Gasteiger partial charge in [0.05, 0.1) is 5.41 Å². The Bertz CT molecular complexity index is 726. The number of hydrogen-bond donors (Lipinski definition) is 0. The lowest BCUT2D eigenvalue weighted by Crippen LogP contribution is -2.58. The minimum Gasteiger partial charge on any atom is -0.444 e. The first kappa shape index (κ1) is 19.5. The summed E-state index contributed by atoms with van der Waals surface area (Å²) in [5.41, 5.74) is -1.43. The highest BCUT2D eigenvalue weighted by Crippen LogP contribution is 2.59. The standard InChI is InChI=1S/C15H17F5O5S/c1-26(23,24)15(19,20)11(14(16,17)18)25-12(22)13-4-7-2-8(5-13)10(21)9(3-7)6-13/h7-9,11H,2-6H2,1H3. The van der Waals surface area contributed by atoms with Crippen molar-refractivity contribution in [3.05, 3.63) is 0 Å². The van der Waals surface area contributed by atoms with E-state index in [2.05, 4.69) is 4.74 Å². The van der Waals surface area contributed by atoms with Crippen LogP contribution in [0.3, 0.4) is 0 Å².